The first-order valence-corrected chi connectivity index (χ1v) is 15.2. The van der Waals surface area contributed by atoms with Gasteiger partial charge in [-0.3, -0.25) is 9.13 Å². The van der Waals surface area contributed by atoms with Gasteiger partial charge in [0.25, 0.3) is 0 Å². The molecule has 0 aliphatic heterocycles. The van der Waals surface area contributed by atoms with Crippen LogP contribution < -0.4 is 14.2 Å². The lowest BCUT2D eigenvalue weighted by Gasteiger charge is -2.15. The summed E-state index contributed by atoms with van der Waals surface area (Å²) < 4.78 is 21.6. The van der Waals surface area contributed by atoms with Crippen molar-refractivity contribution in [2.75, 3.05) is 20.8 Å². The second kappa shape index (κ2) is 12.2. The van der Waals surface area contributed by atoms with Crippen molar-refractivity contribution in [3.63, 3.8) is 0 Å². The first kappa shape index (κ1) is 28.2. The van der Waals surface area contributed by atoms with Gasteiger partial charge >= 0.3 is 0 Å². The minimum absolute atomic E-state index is 0.628. The molecule has 0 atom stereocenters. The van der Waals surface area contributed by atoms with Crippen LogP contribution in [0.4, 0.5) is 0 Å². The van der Waals surface area contributed by atoms with Gasteiger partial charge in [-0.2, -0.15) is 0 Å². The molecule has 2 aromatic heterocycles. The Hall–Kier alpha value is -5.56. The Bertz CT molecular complexity index is 1950. The summed E-state index contributed by atoms with van der Waals surface area (Å²) >= 11 is 0. The Labute approximate surface area is 262 Å². The highest BCUT2D eigenvalue weighted by Crippen LogP contribution is 2.37. The molecule has 0 radical (unpaired) electrons. The maximum atomic E-state index is 6.36. The second-order valence-corrected chi connectivity index (χ2v) is 10.9. The Morgan fingerprint density at radius 3 is 1.47 bits per heavy atom. The van der Waals surface area contributed by atoms with E-state index < -0.39 is 0 Å². The maximum Gasteiger partial charge on any atom is 0.145 e. The molecular formula is C38H34N4O3. The van der Waals surface area contributed by atoms with E-state index in [0.29, 0.717) is 6.61 Å². The van der Waals surface area contributed by atoms with Crippen molar-refractivity contribution in [1.82, 2.24) is 19.1 Å². The van der Waals surface area contributed by atoms with Crippen LogP contribution in [-0.2, 0) is 0 Å². The molecule has 7 aromatic rings. The van der Waals surface area contributed by atoms with Crippen molar-refractivity contribution in [3.8, 4) is 51.4 Å². The van der Waals surface area contributed by atoms with Crippen LogP contribution in [0.15, 0.2) is 115 Å². The van der Waals surface area contributed by atoms with Gasteiger partial charge < -0.3 is 14.2 Å². The van der Waals surface area contributed by atoms with E-state index in [4.69, 9.17) is 24.2 Å². The number of imidazole rings is 2. The van der Waals surface area contributed by atoms with Gasteiger partial charge in [-0.05, 0) is 97.4 Å². The monoisotopic (exact) mass is 594 g/mol. The van der Waals surface area contributed by atoms with E-state index in [1.807, 2.05) is 60.7 Å². The maximum absolute atomic E-state index is 6.36. The van der Waals surface area contributed by atoms with Crippen LogP contribution >= 0.6 is 0 Å². The van der Waals surface area contributed by atoms with E-state index in [2.05, 4.69) is 70.7 Å². The number of para-hydroxylation sites is 4. The first-order chi connectivity index (χ1) is 22.2. The molecule has 0 saturated heterocycles. The lowest BCUT2D eigenvalue weighted by Crippen LogP contribution is -2.02. The molecule has 0 aliphatic rings. The van der Waals surface area contributed by atoms with Crippen LogP contribution in [0.5, 0.6) is 17.2 Å². The van der Waals surface area contributed by atoms with Crippen molar-refractivity contribution < 1.29 is 14.2 Å². The summed E-state index contributed by atoms with van der Waals surface area (Å²) in [7, 11) is 3.36. The normalized spacial score (nSPS) is 11.3. The molecule has 5 aromatic carbocycles. The molecule has 0 N–H and O–H groups in total. The fourth-order valence-electron chi connectivity index (χ4n) is 5.70. The first-order valence-electron chi connectivity index (χ1n) is 15.2. The molecular weight excluding hydrogens is 560 g/mol. The summed E-state index contributed by atoms with van der Waals surface area (Å²) in [5.74, 6) is 4.01. The average Bonchev–Trinajstić information content (AvgIpc) is 3.68. The highest BCUT2D eigenvalue weighted by molar-refractivity contribution is 5.87. The van der Waals surface area contributed by atoms with Gasteiger partial charge in [0.2, 0.25) is 0 Å². The average molecular weight is 595 g/mol. The summed E-state index contributed by atoms with van der Waals surface area (Å²) in [6, 6.07) is 38.9. The number of hydrogen-bond donors (Lipinski definition) is 0. The van der Waals surface area contributed by atoms with Gasteiger partial charge in [0.15, 0.2) is 0 Å². The number of benzene rings is 5. The van der Waals surface area contributed by atoms with E-state index in [9.17, 15) is 0 Å². The largest absolute Gasteiger partial charge is 0.497 e. The number of unbranched alkanes of at least 4 members (excludes halogenated alkanes) is 1. The standard InChI is InChI=1S/C38H34N4O3/c1-4-5-22-45-32-24-26(37-39-33-10-6-8-12-35(33)41(37)28-14-18-30(43-2)19-15-28)23-27(25-32)38-40-34-11-7-9-13-36(34)42(38)29-16-20-31(44-3)21-17-29/h6-21,23-25H,4-5,22H2,1-3H3. The van der Waals surface area contributed by atoms with Crippen molar-refractivity contribution in [2.24, 2.45) is 0 Å². The summed E-state index contributed by atoms with van der Waals surface area (Å²) in [4.78, 5) is 10.3. The Kier molecular flexibility index (Phi) is 7.66. The summed E-state index contributed by atoms with van der Waals surface area (Å²) in [6.07, 6.45) is 2.02. The number of rotatable bonds is 10. The Balaban J connectivity index is 1.46. The van der Waals surface area contributed by atoms with Crippen LogP contribution in [0.2, 0.25) is 0 Å². The summed E-state index contributed by atoms with van der Waals surface area (Å²) in [6.45, 7) is 2.79. The molecule has 7 heteroatoms. The number of ether oxygens (including phenoxy) is 3. The molecule has 0 bridgehead atoms. The summed E-state index contributed by atoms with van der Waals surface area (Å²) in [5.41, 5.74) is 7.69. The van der Waals surface area contributed by atoms with Gasteiger partial charge in [-0.25, -0.2) is 9.97 Å². The van der Waals surface area contributed by atoms with Crippen LogP contribution in [-0.4, -0.2) is 39.9 Å². The fraction of sp³-hybridized carbons (Fsp3) is 0.158. The summed E-state index contributed by atoms with van der Waals surface area (Å²) in [5, 5.41) is 0. The predicted molar refractivity (Wildman–Crippen MR) is 180 cm³/mol. The molecule has 0 saturated carbocycles. The second-order valence-electron chi connectivity index (χ2n) is 10.9. The molecule has 0 unspecified atom stereocenters. The van der Waals surface area contributed by atoms with Crippen molar-refractivity contribution >= 4 is 22.1 Å². The van der Waals surface area contributed by atoms with Crippen LogP contribution in [0.25, 0.3) is 56.2 Å². The van der Waals surface area contributed by atoms with Gasteiger partial charge in [0, 0.05) is 22.5 Å². The van der Waals surface area contributed by atoms with Gasteiger partial charge in [-0.15, -0.1) is 0 Å². The van der Waals surface area contributed by atoms with E-state index in [1.165, 1.54) is 0 Å². The van der Waals surface area contributed by atoms with E-state index in [-0.39, 0.29) is 0 Å². The van der Waals surface area contributed by atoms with Crippen molar-refractivity contribution in [1.29, 1.82) is 0 Å². The molecule has 224 valence electrons. The number of methoxy groups -OCH3 is 2. The van der Waals surface area contributed by atoms with Crippen molar-refractivity contribution in [3.05, 3.63) is 115 Å². The third-order valence-electron chi connectivity index (χ3n) is 7.97. The molecule has 0 amide bonds. The molecule has 0 fully saturated rings. The molecule has 7 nitrogen and oxygen atoms in total. The predicted octanol–water partition coefficient (Wildman–Crippen LogP) is 8.89. The minimum Gasteiger partial charge on any atom is -0.497 e. The third kappa shape index (κ3) is 5.38. The smallest absolute Gasteiger partial charge is 0.145 e. The Morgan fingerprint density at radius 1 is 0.556 bits per heavy atom. The highest BCUT2D eigenvalue weighted by atomic mass is 16.5. The van der Waals surface area contributed by atoms with E-state index in [0.717, 1.165) is 86.3 Å². The molecule has 45 heavy (non-hydrogen) atoms. The lowest BCUT2D eigenvalue weighted by atomic mass is 10.1. The number of hydrogen-bond acceptors (Lipinski definition) is 5. The van der Waals surface area contributed by atoms with Crippen LogP contribution in [0.1, 0.15) is 19.8 Å². The number of fused-ring (bicyclic) bond motifs is 2. The zero-order valence-electron chi connectivity index (χ0n) is 25.6. The fourth-order valence-corrected chi connectivity index (χ4v) is 5.70. The zero-order chi connectivity index (χ0) is 30.8. The number of nitrogens with zero attached hydrogens (tertiary/aromatic N) is 4. The van der Waals surface area contributed by atoms with E-state index in [1.54, 1.807) is 14.2 Å². The van der Waals surface area contributed by atoms with E-state index >= 15 is 0 Å². The van der Waals surface area contributed by atoms with Gasteiger partial charge in [0.05, 0.1) is 42.9 Å². The van der Waals surface area contributed by atoms with Gasteiger partial charge in [0.1, 0.15) is 28.9 Å². The SMILES string of the molecule is CCCCOc1cc(-c2nc3ccccc3n2-c2ccc(OC)cc2)cc(-c2nc3ccccc3n2-c2ccc(OC)cc2)c1. The molecule has 2 heterocycles. The van der Waals surface area contributed by atoms with Gasteiger partial charge in [-0.1, -0.05) is 37.6 Å². The van der Waals surface area contributed by atoms with Crippen LogP contribution in [0, 0.1) is 0 Å². The molecule has 0 aliphatic carbocycles. The number of aromatic nitrogens is 4. The molecule has 0 spiro atoms. The molecule has 7 rings (SSSR count). The third-order valence-corrected chi connectivity index (χ3v) is 7.97. The quantitative estimate of drug-likeness (QED) is 0.148. The minimum atomic E-state index is 0.628. The van der Waals surface area contributed by atoms with Crippen LogP contribution in [0.3, 0.4) is 0 Å². The highest BCUT2D eigenvalue weighted by Gasteiger charge is 2.20. The zero-order valence-corrected chi connectivity index (χ0v) is 25.6. The topological polar surface area (TPSA) is 63.3 Å². The lowest BCUT2D eigenvalue weighted by molar-refractivity contribution is 0.309. The van der Waals surface area contributed by atoms with Crippen molar-refractivity contribution in [2.45, 2.75) is 19.8 Å². The Morgan fingerprint density at radius 2 is 1.02 bits per heavy atom.